The molecule has 0 aliphatic heterocycles. The molecule has 2 aromatic rings. The number of rotatable bonds is 4. The van der Waals surface area contributed by atoms with Gasteiger partial charge in [-0.1, -0.05) is 44.2 Å². The van der Waals surface area contributed by atoms with Crippen LogP contribution in [0.4, 0.5) is 13.2 Å². The Hall–Kier alpha value is -2.37. The third-order valence-corrected chi connectivity index (χ3v) is 3.49. The summed E-state index contributed by atoms with van der Waals surface area (Å²) in [6, 6.07) is 9.95. The zero-order chi connectivity index (χ0) is 17.0. The van der Waals surface area contributed by atoms with E-state index in [-0.39, 0.29) is 11.6 Å². The van der Waals surface area contributed by atoms with E-state index in [0.29, 0.717) is 11.6 Å². The van der Waals surface area contributed by atoms with Crippen LogP contribution in [0.15, 0.2) is 52.4 Å². The van der Waals surface area contributed by atoms with Crippen molar-refractivity contribution >= 4 is 6.21 Å². The first-order valence-corrected chi connectivity index (χ1v) is 7.27. The van der Waals surface area contributed by atoms with E-state index in [1.54, 1.807) is 36.5 Å². The Kier molecular flexibility index (Phi) is 5.03. The summed E-state index contributed by atoms with van der Waals surface area (Å²) in [4.78, 5) is 12.1. The van der Waals surface area contributed by atoms with E-state index in [1.807, 2.05) is 13.8 Å². The summed E-state index contributed by atoms with van der Waals surface area (Å²) in [7, 11) is 0. The summed E-state index contributed by atoms with van der Waals surface area (Å²) >= 11 is 0. The van der Waals surface area contributed by atoms with Gasteiger partial charge in [0.05, 0.1) is 11.3 Å². The second kappa shape index (κ2) is 6.81. The van der Waals surface area contributed by atoms with Crippen molar-refractivity contribution in [2.45, 2.75) is 26.4 Å². The van der Waals surface area contributed by atoms with Crippen LogP contribution in [-0.2, 0) is 6.18 Å². The van der Waals surface area contributed by atoms with Crippen LogP contribution in [-0.4, -0.2) is 10.9 Å². The molecule has 0 aliphatic rings. The smallest absolute Gasteiger partial charge is 0.267 e. The van der Waals surface area contributed by atoms with Crippen LogP contribution in [0.3, 0.4) is 0 Å². The lowest BCUT2D eigenvalue weighted by Crippen LogP contribution is -2.21. The highest BCUT2D eigenvalue weighted by molar-refractivity contribution is 5.63. The van der Waals surface area contributed by atoms with Gasteiger partial charge in [0.25, 0.3) is 5.56 Å². The molecule has 1 aromatic heterocycles. The standard InChI is InChI=1S/C17H17F3N2O/c1-3-12(2)11-21-22-15(13-7-5-4-6-8-13)9-14(10-16(22)23)17(18,19)20/h4-12H,3H2,1-2H3. The van der Waals surface area contributed by atoms with Gasteiger partial charge in [-0.05, 0) is 18.4 Å². The molecular weight excluding hydrogens is 305 g/mol. The number of pyridine rings is 1. The Bertz CT molecular complexity index is 749. The van der Waals surface area contributed by atoms with E-state index in [1.165, 1.54) is 0 Å². The number of aromatic nitrogens is 1. The van der Waals surface area contributed by atoms with Gasteiger partial charge in [0.2, 0.25) is 0 Å². The van der Waals surface area contributed by atoms with Gasteiger partial charge < -0.3 is 0 Å². The Labute approximate surface area is 132 Å². The average Bonchev–Trinajstić information content (AvgIpc) is 2.52. The minimum Gasteiger partial charge on any atom is -0.267 e. The molecule has 0 bridgehead atoms. The zero-order valence-electron chi connectivity index (χ0n) is 12.8. The van der Waals surface area contributed by atoms with Crippen molar-refractivity contribution in [3.05, 3.63) is 58.4 Å². The molecular formula is C17H17F3N2O. The van der Waals surface area contributed by atoms with E-state index in [4.69, 9.17) is 0 Å². The predicted molar refractivity (Wildman–Crippen MR) is 84.5 cm³/mol. The second-order valence-electron chi connectivity index (χ2n) is 5.29. The van der Waals surface area contributed by atoms with Gasteiger partial charge >= 0.3 is 6.18 Å². The third kappa shape index (κ3) is 4.09. The average molecular weight is 322 g/mol. The van der Waals surface area contributed by atoms with Crippen molar-refractivity contribution in [1.29, 1.82) is 0 Å². The first kappa shape index (κ1) is 17.0. The zero-order valence-corrected chi connectivity index (χ0v) is 12.8. The largest absolute Gasteiger partial charge is 0.416 e. The molecule has 0 aliphatic carbocycles. The van der Waals surface area contributed by atoms with Gasteiger partial charge in [0.15, 0.2) is 0 Å². The maximum absolute atomic E-state index is 13.0. The summed E-state index contributed by atoms with van der Waals surface area (Å²) in [5.41, 5.74) is -1.17. The van der Waals surface area contributed by atoms with Gasteiger partial charge in [-0.3, -0.25) is 4.79 Å². The molecule has 1 unspecified atom stereocenters. The fourth-order valence-electron chi connectivity index (χ4n) is 1.95. The van der Waals surface area contributed by atoms with Crippen molar-refractivity contribution in [3.8, 4) is 11.3 Å². The highest BCUT2D eigenvalue weighted by Crippen LogP contribution is 2.31. The maximum atomic E-state index is 13.0. The number of nitrogens with zero attached hydrogens (tertiary/aromatic N) is 2. The molecule has 2 rings (SSSR count). The normalized spacial score (nSPS) is 13.4. The van der Waals surface area contributed by atoms with Crippen molar-refractivity contribution in [2.75, 3.05) is 0 Å². The number of alkyl halides is 3. The molecule has 0 radical (unpaired) electrons. The molecule has 122 valence electrons. The van der Waals surface area contributed by atoms with Crippen molar-refractivity contribution in [1.82, 2.24) is 4.68 Å². The fraction of sp³-hybridized carbons (Fsp3) is 0.294. The van der Waals surface area contributed by atoms with Gasteiger partial charge in [-0.15, -0.1) is 0 Å². The quantitative estimate of drug-likeness (QED) is 0.768. The van der Waals surface area contributed by atoms with Crippen LogP contribution < -0.4 is 5.56 Å². The molecule has 3 nitrogen and oxygen atoms in total. The maximum Gasteiger partial charge on any atom is 0.416 e. The number of benzene rings is 1. The van der Waals surface area contributed by atoms with Gasteiger partial charge in [0, 0.05) is 17.8 Å². The topological polar surface area (TPSA) is 34.4 Å². The van der Waals surface area contributed by atoms with E-state index >= 15 is 0 Å². The van der Waals surface area contributed by atoms with E-state index in [2.05, 4.69) is 5.10 Å². The SMILES string of the molecule is CCC(C)C=Nn1c(-c2ccccc2)cc(C(F)(F)F)cc1=O. The first-order valence-electron chi connectivity index (χ1n) is 7.27. The minimum atomic E-state index is -4.58. The molecule has 6 heteroatoms. The van der Waals surface area contributed by atoms with Crippen molar-refractivity contribution in [3.63, 3.8) is 0 Å². The molecule has 0 fully saturated rings. The Balaban J connectivity index is 2.66. The molecule has 0 amide bonds. The summed E-state index contributed by atoms with van der Waals surface area (Å²) in [5.74, 6) is 0.118. The molecule has 0 N–H and O–H groups in total. The number of hydrogen-bond acceptors (Lipinski definition) is 2. The summed E-state index contributed by atoms with van der Waals surface area (Å²) in [5, 5.41) is 4.09. The van der Waals surface area contributed by atoms with Crippen LogP contribution in [0.2, 0.25) is 0 Å². The van der Waals surface area contributed by atoms with Crippen LogP contribution in [0.25, 0.3) is 11.3 Å². The molecule has 1 heterocycles. The lowest BCUT2D eigenvalue weighted by molar-refractivity contribution is -0.137. The molecule has 1 aromatic carbocycles. The Morgan fingerprint density at radius 3 is 2.43 bits per heavy atom. The predicted octanol–water partition coefficient (Wildman–Crippen LogP) is 4.41. The molecule has 0 spiro atoms. The second-order valence-corrected chi connectivity index (χ2v) is 5.29. The Morgan fingerprint density at radius 1 is 1.22 bits per heavy atom. The van der Waals surface area contributed by atoms with E-state index < -0.39 is 17.3 Å². The van der Waals surface area contributed by atoms with Crippen LogP contribution in [0, 0.1) is 5.92 Å². The number of hydrogen-bond donors (Lipinski definition) is 0. The van der Waals surface area contributed by atoms with Crippen LogP contribution in [0.1, 0.15) is 25.8 Å². The highest BCUT2D eigenvalue weighted by atomic mass is 19.4. The monoisotopic (exact) mass is 322 g/mol. The minimum absolute atomic E-state index is 0.116. The third-order valence-electron chi connectivity index (χ3n) is 3.49. The van der Waals surface area contributed by atoms with Gasteiger partial charge in [0.1, 0.15) is 0 Å². The van der Waals surface area contributed by atoms with E-state index in [0.717, 1.165) is 17.2 Å². The lowest BCUT2D eigenvalue weighted by atomic mass is 10.1. The van der Waals surface area contributed by atoms with Crippen LogP contribution >= 0.6 is 0 Å². The molecule has 23 heavy (non-hydrogen) atoms. The Morgan fingerprint density at radius 2 is 1.87 bits per heavy atom. The molecule has 0 saturated heterocycles. The molecule has 0 saturated carbocycles. The summed E-state index contributed by atoms with van der Waals surface area (Å²) in [6.45, 7) is 3.88. The lowest BCUT2D eigenvalue weighted by Gasteiger charge is -2.13. The fourth-order valence-corrected chi connectivity index (χ4v) is 1.95. The summed E-state index contributed by atoms with van der Waals surface area (Å²) < 4.78 is 39.9. The van der Waals surface area contributed by atoms with Crippen LogP contribution in [0.5, 0.6) is 0 Å². The van der Waals surface area contributed by atoms with E-state index in [9.17, 15) is 18.0 Å². The van der Waals surface area contributed by atoms with Gasteiger partial charge in [-0.2, -0.15) is 22.9 Å². The van der Waals surface area contributed by atoms with Crippen molar-refractivity contribution in [2.24, 2.45) is 11.0 Å². The summed E-state index contributed by atoms with van der Waals surface area (Å²) in [6.07, 6.45) is -2.19. The van der Waals surface area contributed by atoms with Crippen molar-refractivity contribution < 1.29 is 13.2 Å². The molecule has 1 atom stereocenters. The number of halogens is 3. The van der Waals surface area contributed by atoms with Gasteiger partial charge in [-0.25, -0.2) is 0 Å². The first-order chi connectivity index (χ1) is 10.8. The highest BCUT2D eigenvalue weighted by Gasteiger charge is 2.32.